The number of thiophene rings is 1. The first-order valence-corrected chi connectivity index (χ1v) is 9.06. The van der Waals surface area contributed by atoms with Crippen molar-refractivity contribution in [1.82, 2.24) is 9.55 Å². The number of hydrogen-bond acceptors (Lipinski definition) is 2. The van der Waals surface area contributed by atoms with Crippen LogP contribution in [0.3, 0.4) is 0 Å². The number of benzene rings is 1. The molecule has 2 heterocycles. The molecule has 0 bridgehead atoms. The van der Waals surface area contributed by atoms with E-state index in [1.165, 1.54) is 4.88 Å². The predicted octanol–water partition coefficient (Wildman–Crippen LogP) is 5.45. The number of imidazole rings is 1. The number of hydrogen-bond donors (Lipinski definition) is 0. The minimum Gasteiger partial charge on any atom is -0.323 e. The van der Waals surface area contributed by atoms with E-state index in [1.54, 1.807) is 11.3 Å². The molecule has 0 amide bonds. The fourth-order valence-corrected chi connectivity index (χ4v) is 4.19. The summed E-state index contributed by atoms with van der Waals surface area (Å²) >= 11 is 14.7. The lowest BCUT2D eigenvalue weighted by atomic mass is 10.3. The van der Waals surface area contributed by atoms with Crippen molar-refractivity contribution in [2.45, 2.75) is 13.0 Å². The number of aromatic nitrogens is 2. The van der Waals surface area contributed by atoms with Gasteiger partial charge in [-0.2, -0.15) is 0 Å². The summed E-state index contributed by atoms with van der Waals surface area (Å²) in [5.41, 5.74) is 2.16. The van der Waals surface area contributed by atoms with E-state index in [2.05, 4.69) is 60.7 Å². The highest BCUT2D eigenvalue weighted by atomic mass is 79.9. The molecule has 0 spiro atoms. The van der Waals surface area contributed by atoms with Gasteiger partial charge in [-0.15, -0.1) is 22.9 Å². The molecule has 0 N–H and O–H groups in total. The molecular weight excluding hydrogens is 423 g/mol. The number of aryl methyl sites for hydroxylation is 1. The molecule has 1 aromatic carbocycles. The summed E-state index contributed by atoms with van der Waals surface area (Å²) < 4.78 is 4.45. The zero-order chi connectivity index (χ0) is 14.1. The molecular formula is C14H11Br2ClN2S. The van der Waals surface area contributed by atoms with Crippen LogP contribution in [0, 0.1) is 0 Å². The van der Waals surface area contributed by atoms with E-state index in [0.29, 0.717) is 5.88 Å². The van der Waals surface area contributed by atoms with Gasteiger partial charge in [-0.05, 0) is 46.3 Å². The molecule has 0 fully saturated rings. The van der Waals surface area contributed by atoms with Crippen LogP contribution in [0.5, 0.6) is 0 Å². The highest BCUT2D eigenvalue weighted by Gasteiger charge is 2.12. The molecule has 0 atom stereocenters. The van der Waals surface area contributed by atoms with Gasteiger partial charge in [0.2, 0.25) is 0 Å². The summed E-state index contributed by atoms with van der Waals surface area (Å²) in [6.07, 6.45) is 0.778. The Morgan fingerprint density at radius 2 is 2.05 bits per heavy atom. The van der Waals surface area contributed by atoms with Crippen molar-refractivity contribution in [2.24, 2.45) is 0 Å². The molecule has 3 rings (SSSR count). The number of halogens is 3. The predicted molar refractivity (Wildman–Crippen MR) is 93.0 cm³/mol. The molecule has 3 aromatic rings. The van der Waals surface area contributed by atoms with Crippen molar-refractivity contribution < 1.29 is 0 Å². The highest BCUT2D eigenvalue weighted by molar-refractivity contribution is 9.11. The molecule has 0 saturated carbocycles. The summed E-state index contributed by atoms with van der Waals surface area (Å²) in [4.78, 5) is 6.01. The molecule has 0 saturated heterocycles. The molecule has 104 valence electrons. The van der Waals surface area contributed by atoms with E-state index >= 15 is 0 Å². The van der Waals surface area contributed by atoms with Gasteiger partial charge >= 0.3 is 0 Å². The van der Waals surface area contributed by atoms with Crippen LogP contribution >= 0.6 is 54.8 Å². The van der Waals surface area contributed by atoms with Crippen LogP contribution in [0.25, 0.3) is 11.0 Å². The normalized spacial score (nSPS) is 11.3. The summed E-state index contributed by atoms with van der Waals surface area (Å²) in [6.45, 7) is 0.834. The maximum absolute atomic E-state index is 5.91. The van der Waals surface area contributed by atoms with Gasteiger partial charge in [-0.3, -0.25) is 0 Å². The highest BCUT2D eigenvalue weighted by Crippen LogP contribution is 2.26. The lowest BCUT2D eigenvalue weighted by Gasteiger charge is -2.07. The zero-order valence-corrected chi connectivity index (χ0v) is 15.2. The van der Waals surface area contributed by atoms with Gasteiger partial charge in [0.05, 0.1) is 21.4 Å². The first kappa shape index (κ1) is 14.6. The third-order valence-corrected chi connectivity index (χ3v) is 5.34. The van der Waals surface area contributed by atoms with Crippen LogP contribution in [-0.2, 0) is 13.0 Å². The van der Waals surface area contributed by atoms with Gasteiger partial charge in [0.1, 0.15) is 5.82 Å². The van der Waals surface area contributed by atoms with Crippen LogP contribution in [0.15, 0.2) is 38.6 Å². The Bertz CT molecular complexity index is 751. The van der Waals surface area contributed by atoms with Crippen LogP contribution in [-0.4, -0.2) is 15.4 Å². The summed E-state index contributed by atoms with van der Waals surface area (Å²) in [5, 5.41) is 0. The van der Waals surface area contributed by atoms with E-state index in [0.717, 1.165) is 38.1 Å². The second-order valence-electron chi connectivity index (χ2n) is 4.39. The number of nitrogens with zero attached hydrogens (tertiary/aromatic N) is 2. The first-order chi connectivity index (χ1) is 9.67. The van der Waals surface area contributed by atoms with Crippen molar-refractivity contribution in [3.8, 4) is 0 Å². The van der Waals surface area contributed by atoms with E-state index < -0.39 is 0 Å². The monoisotopic (exact) mass is 432 g/mol. The van der Waals surface area contributed by atoms with Gasteiger partial charge in [0.15, 0.2) is 0 Å². The van der Waals surface area contributed by atoms with Gasteiger partial charge in [0.25, 0.3) is 0 Å². The smallest absolute Gasteiger partial charge is 0.111 e. The van der Waals surface area contributed by atoms with E-state index in [-0.39, 0.29) is 0 Å². The Balaban J connectivity index is 2.08. The number of fused-ring (bicyclic) bond motifs is 1. The van der Waals surface area contributed by atoms with Crippen molar-refractivity contribution in [1.29, 1.82) is 0 Å². The average Bonchev–Trinajstić information content (AvgIpc) is 2.95. The van der Waals surface area contributed by atoms with Gasteiger partial charge in [-0.25, -0.2) is 4.98 Å². The topological polar surface area (TPSA) is 17.8 Å². The number of rotatable bonds is 4. The third kappa shape index (κ3) is 2.96. The molecule has 0 aliphatic heterocycles. The molecule has 2 aromatic heterocycles. The quantitative estimate of drug-likeness (QED) is 0.499. The molecule has 0 unspecified atom stereocenters. The van der Waals surface area contributed by atoms with Crippen LogP contribution < -0.4 is 0 Å². The zero-order valence-electron chi connectivity index (χ0n) is 10.4. The molecule has 0 aliphatic rings. The molecule has 0 aliphatic carbocycles. The van der Waals surface area contributed by atoms with Crippen LogP contribution in [0.2, 0.25) is 0 Å². The average molecular weight is 435 g/mol. The summed E-state index contributed by atoms with van der Waals surface area (Å²) in [6, 6.07) is 10.4. The van der Waals surface area contributed by atoms with Crippen molar-refractivity contribution >= 4 is 65.8 Å². The first-order valence-electron chi connectivity index (χ1n) is 6.12. The second kappa shape index (κ2) is 6.18. The van der Waals surface area contributed by atoms with Crippen LogP contribution in [0.1, 0.15) is 10.7 Å². The molecule has 20 heavy (non-hydrogen) atoms. The summed E-state index contributed by atoms with van der Waals surface area (Å²) in [5.74, 6) is 1.62. The largest absolute Gasteiger partial charge is 0.323 e. The minimum absolute atomic E-state index is 0.582. The molecule has 6 heteroatoms. The van der Waals surface area contributed by atoms with E-state index in [9.17, 15) is 0 Å². The maximum atomic E-state index is 5.91. The summed E-state index contributed by atoms with van der Waals surface area (Å²) in [7, 11) is 0. The Kier molecular flexibility index (Phi) is 4.50. The lowest BCUT2D eigenvalue weighted by Crippen LogP contribution is -2.04. The van der Waals surface area contributed by atoms with Gasteiger partial charge in [-0.1, -0.05) is 15.9 Å². The van der Waals surface area contributed by atoms with Crippen molar-refractivity contribution in [2.75, 3.05) is 5.88 Å². The van der Waals surface area contributed by atoms with Crippen LogP contribution in [0.4, 0.5) is 0 Å². The molecule has 0 radical (unpaired) electrons. The van der Waals surface area contributed by atoms with Gasteiger partial charge in [0, 0.05) is 21.7 Å². The SMILES string of the molecule is ClCCc1nc2cc(Br)ccc2n1Cc1ccc(Br)s1. The van der Waals surface area contributed by atoms with E-state index in [1.807, 2.05) is 6.07 Å². The lowest BCUT2D eigenvalue weighted by molar-refractivity contribution is 0.763. The third-order valence-electron chi connectivity index (χ3n) is 3.05. The standard InChI is InChI=1S/C14H11Br2ClN2S/c15-9-1-3-12-11(7-9)18-14(5-6-17)19(12)8-10-2-4-13(16)20-10/h1-4,7H,5-6,8H2. The van der Waals surface area contributed by atoms with E-state index in [4.69, 9.17) is 16.6 Å². The van der Waals surface area contributed by atoms with Crippen molar-refractivity contribution in [3.05, 3.63) is 49.3 Å². The Hall–Kier alpha value is -0.360. The minimum atomic E-state index is 0.582. The number of alkyl halides is 1. The Labute approximate surface area is 143 Å². The fraction of sp³-hybridized carbons (Fsp3) is 0.214. The Morgan fingerprint density at radius 1 is 1.20 bits per heavy atom. The molecule has 2 nitrogen and oxygen atoms in total. The fourth-order valence-electron chi connectivity index (χ4n) is 2.20. The second-order valence-corrected chi connectivity index (χ2v) is 8.23. The Morgan fingerprint density at radius 3 is 2.75 bits per heavy atom. The maximum Gasteiger partial charge on any atom is 0.111 e. The van der Waals surface area contributed by atoms with Crippen molar-refractivity contribution in [3.63, 3.8) is 0 Å². The van der Waals surface area contributed by atoms with Gasteiger partial charge < -0.3 is 4.57 Å².